The van der Waals surface area contributed by atoms with Gasteiger partial charge in [0.1, 0.15) is 0 Å². The second kappa shape index (κ2) is 4.60. The molecule has 0 spiro atoms. The number of β-amino-alcohol motifs (C(OH)–C–C–N with tert-alkyl or cyclic N) is 1. The molecule has 0 aromatic heterocycles. The Morgan fingerprint density at radius 3 is 2.64 bits per heavy atom. The molecule has 1 aliphatic rings. The summed E-state index contributed by atoms with van der Waals surface area (Å²) in [4.78, 5) is 2.33. The van der Waals surface area contributed by atoms with Crippen LogP contribution in [0.5, 0.6) is 0 Å². The van der Waals surface area contributed by atoms with Gasteiger partial charge in [-0.3, -0.25) is 0 Å². The van der Waals surface area contributed by atoms with Crippen molar-refractivity contribution < 1.29 is 5.11 Å². The second-order valence-electron chi connectivity index (χ2n) is 5.14. The van der Waals surface area contributed by atoms with Crippen LogP contribution in [-0.2, 0) is 0 Å². The molecule has 3 heteroatoms. The molecule has 1 aliphatic heterocycles. The fourth-order valence-electron chi connectivity index (χ4n) is 1.88. The zero-order chi connectivity index (χ0) is 10.8. The van der Waals surface area contributed by atoms with Crippen LogP contribution in [0.15, 0.2) is 0 Å². The van der Waals surface area contributed by atoms with Crippen LogP contribution in [-0.4, -0.2) is 41.8 Å². The lowest BCUT2D eigenvalue weighted by Crippen LogP contribution is -2.43. The predicted molar refractivity (Wildman–Crippen MR) is 59.1 cm³/mol. The summed E-state index contributed by atoms with van der Waals surface area (Å²) in [5.41, 5.74) is 5.06. The maximum Gasteiger partial charge on any atom is 0.0768 e. The summed E-state index contributed by atoms with van der Waals surface area (Å²) in [5, 5.41) is 10.1. The number of rotatable bonds is 4. The molecule has 0 aromatic carbocycles. The zero-order valence-electron chi connectivity index (χ0n) is 9.66. The highest BCUT2D eigenvalue weighted by Gasteiger charge is 2.31. The lowest BCUT2D eigenvalue weighted by molar-refractivity contribution is -0.0143. The quantitative estimate of drug-likeness (QED) is 0.701. The van der Waals surface area contributed by atoms with Crippen LogP contribution in [0.1, 0.15) is 27.2 Å². The van der Waals surface area contributed by atoms with E-state index in [-0.39, 0.29) is 0 Å². The van der Waals surface area contributed by atoms with E-state index < -0.39 is 5.60 Å². The van der Waals surface area contributed by atoms with Gasteiger partial charge in [-0.15, -0.1) is 0 Å². The standard InChI is InChI=1S/C11H24N2O/c1-9(2)11(3,14)8-13-5-4-10(6-12)7-13/h9-10,14H,4-8,12H2,1-3H3. The Labute approximate surface area is 87.3 Å². The smallest absolute Gasteiger partial charge is 0.0768 e. The molecule has 0 saturated carbocycles. The third-order valence-corrected chi connectivity index (χ3v) is 3.49. The molecule has 2 atom stereocenters. The molecule has 84 valence electrons. The summed E-state index contributed by atoms with van der Waals surface area (Å²) >= 11 is 0. The minimum atomic E-state index is -0.566. The minimum Gasteiger partial charge on any atom is -0.389 e. The molecular formula is C11H24N2O. The van der Waals surface area contributed by atoms with Crippen molar-refractivity contribution >= 4 is 0 Å². The minimum absolute atomic E-state index is 0.305. The Bertz CT molecular complexity index is 180. The first-order chi connectivity index (χ1) is 6.45. The highest BCUT2D eigenvalue weighted by molar-refractivity contribution is 4.85. The van der Waals surface area contributed by atoms with E-state index in [1.54, 1.807) is 0 Å². The number of likely N-dealkylation sites (tertiary alicyclic amines) is 1. The van der Waals surface area contributed by atoms with E-state index in [9.17, 15) is 5.11 Å². The maximum atomic E-state index is 10.1. The van der Waals surface area contributed by atoms with Gasteiger partial charge in [0.25, 0.3) is 0 Å². The number of hydrogen-bond donors (Lipinski definition) is 2. The summed E-state index contributed by atoms with van der Waals surface area (Å²) in [7, 11) is 0. The normalized spacial score (nSPS) is 28.3. The molecule has 1 heterocycles. The molecular weight excluding hydrogens is 176 g/mol. The van der Waals surface area contributed by atoms with Gasteiger partial charge in [0.05, 0.1) is 5.60 Å². The van der Waals surface area contributed by atoms with E-state index >= 15 is 0 Å². The summed E-state index contributed by atoms with van der Waals surface area (Å²) in [5.74, 6) is 0.942. The van der Waals surface area contributed by atoms with E-state index in [1.165, 1.54) is 6.42 Å². The van der Waals surface area contributed by atoms with Crippen LogP contribution in [0.25, 0.3) is 0 Å². The number of hydrogen-bond acceptors (Lipinski definition) is 3. The van der Waals surface area contributed by atoms with E-state index in [2.05, 4.69) is 18.7 Å². The van der Waals surface area contributed by atoms with Gasteiger partial charge in [-0.25, -0.2) is 0 Å². The van der Waals surface area contributed by atoms with Crippen molar-refractivity contribution in [3.05, 3.63) is 0 Å². The first-order valence-electron chi connectivity index (χ1n) is 5.60. The maximum absolute atomic E-state index is 10.1. The first kappa shape index (κ1) is 12.0. The molecule has 3 N–H and O–H groups in total. The predicted octanol–water partition coefficient (Wildman–Crippen LogP) is 0.674. The Hall–Kier alpha value is -0.120. The number of nitrogens with zero attached hydrogens (tertiary/aromatic N) is 1. The van der Waals surface area contributed by atoms with Gasteiger partial charge in [-0.05, 0) is 38.3 Å². The van der Waals surface area contributed by atoms with Gasteiger partial charge in [0.15, 0.2) is 0 Å². The summed E-state index contributed by atoms with van der Waals surface area (Å²) in [6.07, 6.45) is 1.19. The van der Waals surface area contributed by atoms with Gasteiger partial charge < -0.3 is 15.7 Å². The highest BCUT2D eigenvalue weighted by atomic mass is 16.3. The lowest BCUT2D eigenvalue weighted by Gasteiger charge is -2.32. The molecule has 1 fully saturated rings. The molecule has 0 radical (unpaired) electrons. The van der Waals surface area contributed by atoms with Crippen LogP contribution in [0, 0.1) is 11.8 Å². The summed E-state index contributed by atoms with van der Waals surface area (Å²) in [6.45, 7) is 9.76. The molecule has 14 heavy (non-hydrogen) atoms. The molecule has 1 saturated heterocycles. The summed E-state index contributed by atoms with van der Waals surface area (Å²) in [6, 6.07) is 0. The van der Waals surface area contributed by atoms with Crippen molar-refractivity contribution in [2.45, 2.75) is 32.8 Å². The SMILES string of the molecule is CC(C)C(C)(O)CN1CCC(CN)C1. The number of aliphatic hydroxyl groups is 1. The molecule has 3 nitrogen and oxygen atoms in total. The zero-order valence-corrected chi connectivity index (χ0v) is 9.66. The molecule has 0 aliphatic carbocycles. The lowest BCUT2D eigenvalue weighted by atomic mass is 9.92. The van der Waals surface area contributed by atoms with Crippen molar-refractivity contribution in [3.8, 4) is 0 Å². The van der Waals surface area contributed by atoms with E-state index in [0.717, 1.165) is 26.2 Å². The molecule has 1 rings (SSSR count). The van der Waals surface area contributed by atoms with Crippen molar-refractivity contribution in [1.29, 1.82) is 0 Å². The van der Waals surface area contributed by atoms with Crippen LogP contribution < -0.4 is 5.73 Å². The van der Waals surface area contributed by atoms with Crippen molar-refractivity contribution in [2.24, 2.45) is 17.6 Å². The molecule has 0 bridgehead atoms. The third-order valence-electron chi connectivity index (χ3n) is 3.49. The van der Waals surface area contributed by atoms with Gasteiger partial charge in [-0.1, -0.05) is 13.8 Å². The topological polar surface area (TPSA) is 49.5 Å². The van der Waals surface area contributed by atoms with Crippen molar-refractivity contribution in [2.75, 3.05) is 26.2 Å². The Morgan fingerprint density at radius 2 is 2.21 bits per heavy atom. The van der Waals surface area contributed by atoms with Gasteiger partial charge >= 0.3 is 0 Å². The fraction of sp³-hybridized carbons (Fsp3) is 1.00. The van der Waals surface area contributed by atoms with Crippen LogP contribution in [0.2, 0.25) is 0 Å². The fourth-order valence-corrected chi connectivity index (χ4v) is 1.88. The first-order valence-corrected chi connectivity index (χ1v) is 5.60. The van der Waals surface area contributed by atoms with Crippen LogP contribution in [0.4, 0.5) is 0 Å². The monoisotopic (exact) mass is 200 g/mol. The van der Waals surface area contributed by atoms with Gasteiger partial charge in [0.2, 0.25) is 0 Å². The Kier molecular flexibility index (Phi) is 3.93. The van der Waals surface area contributed by atoms with E-state index in [0.29, 0.717) is 11.8 Å². The largest absolute Gasteiger partial charge is 0.389 e. The van der Waals surface area contributed by atoms with Crippen LogP contribution >= 0.6 is 0 Å². The van der Waals surface area contributed by atoms with E-state index in [1.807, 2.05) is 6.92 Å². The Morgan fingerprint density at radius 1 is 1.57 bits per heavy atom. The van der Waals surface area contributed by atoms with Gasteiger partial charge in [0, 0.05) is 13.1 Å². The molecule has 0 aromatic rings. The second-order valence-corrected chi connectivity index (χ2v) is 5.14. The Balaban J connectivity index is 2.39. The molecule has 2 unspecified atom stereocenters. The van der Waals surface area contributed by atoms with E-state index in [4.69, 9.17) is 5.73 Å². The molecule has 0 amide bonds. The van der Waals surface area contributed by atoms with Gasteiger partial charge in [-0.2, -0.15) is 0 Å². The van der Waals surface area contributed by atoms with Crippen molar-refractivity contribution in [3.63, 3.8) is 0 Å². The number of nitrogens with two attached hydrogens (primary N) is 1. The highest BCUT2D eigenvalue weighted by Crippen LogP contribution is 2.22. The van der Waals surface area contributed by atoms with Crippen LogP contribution in [0.3, 0.4) is 0 Å². The van der Waals surface area contributed by atoms with Crippen molar-refractivity contribution in [1.82, 2.24) is 4.90 Å². The average Bonchev–Trinajstić information content (AvgIpc) is 2.51. The summed E-state index contributed by atoms with van der Waals surface area (Å²) < 4.78 is 0. The average molecular weight is 200 g/mol. The third kappa shape index (κ3) is 2.94.